The summed E-state index contributed by atoms with van der Waals surface area (Å²) in [5.41, 5.74) is 18.8. The first-order valence-corrected chi connectivity index (χ1v) is 8.31. The number of fused-ring (bicyclic) bond motifs is 1. The molecule has 1 atom stereocenters. The molecule has 4 heteroatoms. The highest BCUT2D eigenvalue weighted by molar-refractivity contribution is 5.76. The Hall–Kier alpha value is -2.59. The summed E-state index contributed by atoms with van der Waals surface area (Å²) in [5.74, 6) is 1.31. The lowest BCUT2D eigenvalue weighted by Crippen LogP contribution is -2.28. The SMILES string of the molecule is Cc1ccc(-c2cnc(-c3ccc4c(c3N)CC(N)CC4)o2)cc1. The minimum absolute atomic E-state index is 0.183. The van der Waals surface area contributed by atoms with E-state index >= 15 is 0 Å². The molecular formula is C20H21N3O. The van der Waals surface area contributed by atoms with E-state index in [1.807, 2.05) is 18.2 Å². The van der Waals surface area contributed by atoms with E-state index in [4.69, 9.17) is 15.9 Å². The van der Waals surface area contributed by atoms with Gasteiger partial charge in [-0.05, 0) is 43.4 Å². The molecule has 1 heterocycles. The number of benzene rings is 2. The number of hydrogen-bond donors (Lipinski definition) is 2. The molecule has 1 aliphatic carbocycles. The summed E-state index contributed by atoms with van der Waals surface area (Å²) in [6.07, 6.45) is 4.58. The van der Waals surface area contributed by atoms with Crippen molar-refractivity contribution >= 4 is 5.69 Å². The lowest BCUT2D eigenvalue weighted by atomic mass is 9.86. The second-order valence-corrected chi connectivity index (χ2v) is 6.56. The number of aromatic nitrogens is 1. The third-order valence-corrected chi connectivity index (χ3v) is 4.78. The second-order valence-electron chi connectivity index (χ2n) is 6.56. The van der Waals surface area contributed by atoms with Gasteiger partial charge in [-0.15, -0.1) is 0 Å². The van der Waals surface area contributed by atoms with Gasteiger partial charge < -0.3 is 15.9 Å². The summed E-state index contributed by atoms with van der Waals surface area (Å²) in [4.78, 5) is 4.44. The molecule has 0 aliphatic heterocycles. The molecule has 4 N–H and O–H groups in total. The van der Waals surface area contributed by atoms with Crippen molar-refractivity contribution in [3.8, 4) is 22.8 Å². The van der Waals surface area contributed by atoms with Crippen molar-refractivity contribution in [3.05, 3.63) is 59.3 Å². The fourth-order valence-electron chi connectivity index (χ4n) is 3.33. The average Bonchev–Trinajstić information content (AvgIpc) is 3.06. The van der Waals surface area contributed by atoms with Crippen molar-refractivity contribution in [2.45, 2.75) is 32.2 Å². The Morgan fingerprint density at radius 2 is 1.92 bits per heavy atom. The lowest BCUT2D eigenvalue weighted by molar-refractivity contribution is 0.575. The molecule has 0 fully saturated rings. The van der Waals surface area contributed by atoms with Crippen molar-refractivity contribution < 1.29 is 4.42 Å². The van der Waals surface area contributed by atoms with Crippen LogP contribution in [0.2, 0.25) is 0 Å². The number of nitrogen functional groups attached to an aromatic ring is 1. The van der Waals surface area contributed by atoms with E-state index in [0.717, 1.165) is 47.4 Å². The van der Waals surface area contributed by atoms with Crippen molar-refractivity contribution in [2.24, 2.45) is 5.73 Å². The van der Waals surface area contributed by atoms with Gasteiger partial charge in [0, 0.05) is 17.3 Å². The van der Waals surface area contributed by atoms with Crippen LogP contribution in [0.25, 0.3) is 22.8 Å². The number of nitrogens with zero attached hydrogens (tertiary/aromatic N) is 1. The van der Waals surface area contributed by atoms with E-state index in [0.29, 0.717) is 5.89 Å². The Bertz CT molecular complexity index is 880. The predicted octanol–water partition coefficient (Wildman–Crippen LogP) is 3.72. The van der Waals surface area contributed by atoms with Crippen LogP contribution in [0.4, 0.5) is 5.69 Å². The molecule has 0 spiro atoms. The van der Waals surface area contributed by atoms with Crippen LogP contribution in [0.15, 0.2) is 47.0 Å². The molecule has 24 heavy (non-hydrogen) atoms. The molecule has 2 aromatic carbocycles. The Kier molecular flexibility index (Phi) is 3.62. The van der Waals surface area contributed by atoms with Gasteiger partial charge in [-0.2, -0.15) is 0 Å². The van der Waals surface area contributed by atoms with E-state index in [9.17, 15) is 0 Å². The van der Waals surface area contributed by atoms with Gasteiger partial charge in [-0.3, -0.25) is 0 Å². The van der Waals surface area contributed by atoms with Gasteiger partial charge in [0.1, 0.15) is 0 Å². The summed E-state index contributed by atoms with van der Waals surface area (Å²) < 4.78 is 5.97. The summed E-state index contributed by atoms with van der Waals surface area (Å²) in [7, 11) is 0. The topological polar surface area (TPSA) is 78.1 Å². The van der Waals surface area contributed by atoms with Crippen LogP contribution in [0.1, 0.15) is 23.1 Å². The molecule has 1 aliphatic rings. The number of hydrogen-bond acceptors (Lipinski definition) is 4. The Labute approximate surface area is 141 Å². The zero-order valence-electron chi connectivity index (χ0n) is 13.8. The van der Waals surface area contributed by atoms with Gasteiger partial charge in [0.25, 0.3) is 0 Å². The number of nitrogens with two attached hydrogens (primary N) is 2. The monoisotopic (exact) mass is 319 g/mol. The molecular weight excluding hydrogens is 298 g/mol. The minimum atomic E-state index is 0.183. The molecule has 3 aromatic rings. The molecule has 1 unspecified atom stereocenters. The molecule has 0 bridgehead atoms. The van der Waals surface area contributed by atoms with Gasteiger partial charge >= 0.3 is 0 Å². The minimum Gasteiger partial charge on any atom is -0.436 e. The molecule has 122 valence electrons. The van der Waals surface area contributed by atoms with Crippen LogP contribution < -0.4 is 11.5 Å². The van der Waals surface area contributed by atoms with Crippen molar-refractivity contribution in [2.75, 3.05) is 5.73 Å². The van der Waals surface area contributed by atoms with E-state index in [-0.39, 0.29) is 6.04 Å². The highest BCUT2D eigenvalue weighted by Crippen LogP contribution is 2.35. The Morgan fingerprint density at radius 3 is 2.71 bits per heavy atom. The zero-order valence-corrected chi connectivity index (χ0v) is 13.8. The normalized spacial score (nSPS) is 16.8. The first kappa shape index (κ1) is 15.0. The summed E-state index contributed by atoms with van der Waals surface area (Å²) in [5, 5.41) is 0. The van der Waals surface area contributed by atoms with Crippen LogP contribution in [-0.2, 0) is 12.8 Å². The molecule has 1 aromatic heterocycles. The van der Waals surface area contributed by atoms with Gasteiger partial charge in [-0.1, -0.05) is 35.9 Å². The average molecular weight is 319 g/mol. The fourth-order valence-corrected chi connectivity index (χ4v) is 3.33. The van der Waals surface area contributed by atoms with E-state index in [2.05, 4.69) is 30.1 Å². The zero-order chi connectivity index (χ0) is 16.7. The molecule has 4 nitrogen and oxygen atoms in total. The maximum Gasteiger partial charge on any atom is 0.228 e. The van der Waals surface area contributed by atoms with Gasteiger partial charge in [0.05, 0.1) is 11.8 Å². The van der Waals surface area contributed by atoms with Crippen LogP contribution >= 0.6 is 0 Å². The maximum atomic E-state index is 6.41. The molecule has 0 radical (unpaired) electrons. The first-order chi connectivity index (χ1) is 11.6. The fraction of sp³-hybridized carbons (Fsp3) is 0.250. The standard InChI is InChI=1S/C20H21N3O/c1-12-2-4-14(5-3-12)18-11-23-20(24-18)16-9-7-13-6-8-15(21)10-17(13)19(16)22/h2-5,7,9,11,15H,6,8,10,21-22H2,1H3. The van der Waals surface area contributed by atoms with Crippen LogP contribution in [0.5, 0.6) is 0 Å². The first-order valence-electron chi connectivity index (χ1n) is 8.31. The summed E-state index contributed by atoms with van der Waals surface area (Å²) in [6.45, 7) is 2.06. The molecule has 0 amide bonds. The van der Waals surface area contributed by atoms with Gasteiger partial charge in [0.15, 0.2) is 5.76 Å². The largest absolute Gasteiger partial charge is 0.436 e. The third kappa shape index (κ3) is 2.59. The predicted molar refractivity (Wildman–Crippen MR) is 96.5 cm³/mol. The molecule has 4 rings (SSSR count). The summed E-state index contributed by atoms with van der Waals surface area (Å²) >= 11 is 0. The Morgan fingerprint density at radius 1 is 1.12 bits per heavy atom. The maximum absolute atomic E-state index is 6.41. The van der Waals surface area contributed by atoms with Crippen molar-refractivity contribution in [1.82, 2.24) is 4.98 Å². The van der Waals surface area contributed by atoms with Gasteiger partial charge in [-0.25, -0.2) is 4.98 Å². The molecule has 0 saturated carbocycles. The number of rotatable bonds is 2. The van der Waals surface area contributed by atoms with E-state index in [1.54, 1.807) is 6.20 Å². The highest BCUT2D eigenvalue weighted by atomic mass is 16.4. The third-order valence-electron chi connectivity index (χ3n) is 4.78. The quantitative estimate of drug-likeness (QED) is 0.706. The smallest absolute Gasteiger partial charge is 0.228 e. The highest BCUT2D eigenvalue weighted by Gasteiger charge is 2.21. The van der Waals surface area contributed by atoms with E-state index in [1.165, 1.54) is 11.1 Å². The second kappa shape index (κ2) is 5.80. The Balaban J connectivity index is 1.72. The number of aryl methyl sites for hydroxylation is 2. The number of anilines is 1. The van der Waals surface area contributed by atoms with Crippen LogP contribution in [0, 0.1) is 6.92 Å². The number of oxazole rings is 1. The van der Waals surface area contributed by atoms with Crippen LogP contribution in [0.3, 0.4) is 0 Å². The van der Waals surface area contributed by atoms with E-state index < -0.39 is 0 Å². The molecule has 0 saturated heterocycles. The van der Waals surface area contributed by atoms with Crippen molar-refractivity contribution in [1.29, 1.82) is 0 Å². The van der Waals surface area contributed by atoms with Gasteiger partial charge in [0.2, 0.25) is 5.89 Å². The lowest BCUT2D eigenvalue weighted by Gasteiger charge is -2.23. The summed E-state index contributed by atoms with van der Waals surface area (Å²) in [6, 6.07) is 12.5. The van der Waals surface area contributed by atoms with Crippen molar-refractivity contribution in [3.63, 3.8) is 0 Å². The van der Waals surface area contributed by atoms with Crippen LogP contribution in [-0.4, -0.2) is 11.0 Å².